The first-order valence-electron chi connectivity index (χ1n) is 11.4. The van der Waals surface area contributed by atoms with Gasteiger partial charge in [-0.15, -0.1) is 0 Å². The van der Waals surface area contributed by atoms with Crippen LogP contribution in [-0.4, -0.2) is 75.3 Å². The van der Waals surface area contributed by atoms with Gasteiger partial charge in [0.25, 0.3) is 0 Å². The Kier molecular flexibility index (Phi) is 9.11. The van der Waals surface area contributed by atoms with Gasteiger partial charge in [-0.3, -0.25) is 4.90 Å². The molecule has 0 aliphatic carbocycles. The quantitative estimate of drug-likeness (QED) is 0.606. The summed E-state index contributed by atoms with van der Waals surface area (Å²) in [6.45, 7) is 5.33. The van der Waals surface area contributed by atoms with Crippen molar-refractivity contribution in [3.63, 3.8) is 0 Å². The summed E-state index contributed by atoms with van der Waals surface area (Å²) >= 11 is 0. The molecule has 0 bridgehead atoms. The maximum atomic E-state index is 13.5. The van der Waals surface area contributed by atoms with Crippen LogP contribution in [0.25, 0.3) is 0 Å². The molecule has 2 aromatic rings. The first-order valence-corrected chi connectivity index (χ1v) is 12.8. The van der Waals surface area contributed by atoms with Gasteiger partial charge in [-0.1, -0.05) is 49.1 Å². The van der Waals surface area contributed by atoms with E-state index in [9.17, 15) is 13.5 Å². The average Bonchev–Trinajstić information content (AvgIpc) is 2.81. The van der Waals surface area contributed by atoms with Gasteiger partial charge in [-0.05, 0) is 37.7 Å². The summed E-state index contributed by atoms with van der Waals surface area (Å²) in [5.41, 5.74) is 1.84. The highest BCUT2D eigenvalue weighted by molar-refractivity contribution is 7.89. The van der Waals surface area contributed by atoms with E-state index in [1.807, 2.05) is 32.2 Å². The number of ether oxygens (including phenoxy) is 2. The normalized spacial score (nSPS) is 20.9. The fraction of sp³-hybridized carbons (Fsp3) is 0.462. The Hall–Kier alpha value is -2.41. The predicted molar refractivity (Wildman–Crippen MR) is 132 cm³/mol. The molecule has 2 aromatic carbocycles. The largest absolute Gasteiger partial charge is 0.487 e. The minimum Gasteiger partial charge on any atom is -0.487 e. The van der Waals surface area contributed by atoms with Crippen molar-refractivity contribution in [2.24, 2.45) is 5.92 Å². The van der Waals surface area contributed by atoms with Crippen molar-refractivity contribution in [2.75, 3.05) is 40.5 Å². The van der Waals surface area contributed by atoms with Crippen LogP contribution in [0.2, 0.25) is 0 Å². The SMILES string of the molecule is COCC#Cc1ccc2c(c1)O[C@@H](CN(C)Cc1ccccc1)[C@@H](C)CN([C@@H](C)CO)S2(=O)=O. The monoisotopic (exact) mass is 486 g/mol. The van der Waals surface area contributed by atoms with Gasteiger partial charge in [-0.2, -0.15) is 4.31 Å². The van der Waals surface area contributed by atoms with Gasteiger partial charge in [-0.25, -0.2) is 8.42 Å². The summed E-state index contributed by atoms with van der Waals surface area (Å²) in [6, 6.07) is 14.5. The lowest BCUT2D eigenvalue weighted by atomic mass is 10.0. The Labute approximate surface area is 203 Å². The lowest BCUT2D eigenvalue weighted by molar-refractivity contribution is 0.0733. The third-order valence-corrected chi connectivity index (χ3v) is 7.92. The fourth-order valence-corrected chi connectivity index (χ4v) is 5.82. The molecule has 0 radical (unpaired) electrons. The molecule has 0 spiro atoms. The zero-order valence-corrected chi connectivity index (χ0v) is 21.1. The maximum Gasteiger partial charge on any atom is 0.247 e. The van der Waals surface area contributed by atoms with Crippen molar-refractivity contribution in [1.29, 1.82) is 0 Å². The smallest absolute Gasteiger partial charge is 0.247 e. The Morgan fingerprint density at radius 1 is 1.26 bits per heavy atom. The number of sulfonamides is 1. The minimum absolute atomic E-state index is 0.0905. The van der Waals surface area contributed by atoms with E-state index in [0.29, 0.717) is 12.1 Å². The molecule has 3 atom stereocenters. The van der Waals surface area contributed by atoms with Crippen LogP contribution in [0, 0.1) is 17.8 Å². The van der Waals surface area contributed by atoms with Gasteiger partial charge in [0.1, 0.15) is 23.4 Å². The molecule has 1 aliphatic heterocycles. The number of aliphatic hydroxyl groups is 1. The minimum atomic E-state index is -3.87. The molecule has 34 heavy (non-hydrogen) atoms. The standard InChI is InChI=1S/C26H34N2O5S/c1-20-16-28(21(2)19-29)34(30,31)26-13-12-22(11-8-14-32-4)15-24(26)33-25(20)18-27(3)17-23-9-6-5-7-10-23/h5-7,9-10,12-13,15,20-21,25,29H,14,16-19H2,1-4H3/t20-,21-,25-/m0/s1. The molecule has 184 valence electrons. The number of fused-ring (bicyclic) bond motifs is 1. The predicted octanol–water partition coefficient (Wildman–Crippen LogP) is 2.59. The summed E-state index contributed by atoms with van der Waals surface area (Å²) in [7, 11) is -0.270. The van der Waals surface area contributed by atoms with E-state index < -0.39 is 16.1 Å². The summed E-state index contributed by atoms with van der Waals surface area (Å²) in [6.07, 6.45) is -0.265. The lowest BCUT2D eigenvalue weighted by Crippen LogP contribution is -2.49. The van der Waals surface area contributed by atoms with Crippen LogP contribution in [0.3, 0.4) is 0 Å². The molecule has 0 amide bonds. The van der Waals surface area contributed by atoms with Gasteiger partial charge in [0.2, 0.25) is 10.0 Å². The molecule has 0 unspecified atom stereocenters. The topological polar surface area (TPSA) is 79.3 Å². The van der Waals surface area contributed by atoms with E-state index in [4.69, 9.17) is 9.47 Å². The summed E-state index contributed by atoms with van der Waals surface area (Å²) in [5.74, 6) is 6.05. The second-order valence-electron chi connectivity index (χ2n) is 8.82. The van der Waals surface area contributed by atoms with Crippen molar-refractivity contribution in [1.82, 2.24) is 9.21 Å². The molecule has 0 aromatic heterocycles. The van der Waals surface area contributed by atoms with Crippen LogP contribution >= 0.6 is 0 Å². The maximum absolute atomic E-state index is 13.5. The van der Waals surface area contributed by atoms with Gasteiger partial charge in [0.05, 0.1) is 6.61 Å². The molecule has 0 fully saturated rings. The third kappa shape index (κ3) is 6.38. The van der Waals surface area contributed by atoms with E-state index in [1.165, 1.54) is 9.87 Å². The molecule has 0 saturated carbocycles. The fourth-order valence-electron chi connectivity index (χ4n) is 4.00. The van der Waals surface area contributed by atoms with Crippen molar-refractivity contribution >= 4 is 10.0 Å². The number of hydrogen-bond acceptors (Lipinski definition) is 6. The summed E-state index contributed by atoms with van der Waals surface area (Å²) in [4.78, 5) is 2.27. The number of hydrogen-bond donors (Lipinski definition) is 1. The van der Waals surface area contributed by atoms with E-state index in [1.54, 1.807) is 32.2 Å². The van der Waals surface area contributed by atoms with Crippen LogP contribution in [0.15, 0.2) is 53.4 Å². The number of rotatable bonds is 7. The van der Waals surface area contributed by atoms with E-state index >= 15 is 0 Å². The molecular formula is C26H34N2O5S. The van der Waals surface area contributed by atoms with Gasteiger partial charge < -0.3 is 14.6 Å². The van der Waals surface area contributed by atoms with Crippen molar-refractivity contribution < 1.29 is 23.0 Å². The molecular weight excluding hydrogens is 452 g/mol. The second-order valence-corrected chi connectivity index (χ2v) is 10.7. The van der Waals surface area contributed by atoms with Gasteiger partial charge in [0.15, 0.2) is 0 Å². The van der Waals surface area contributed by atoms with Crippen LogP contribution < -0.4 is 4.74 Å². The van der Waals surface area contributed by atoms with E-state index in [0.717, 1.165) is 6.54 Å². The number of likely N-dealkylation sites (N-methyl/N-ethyl adjacent to an activating group) is 1. The highest BCUT2D eigenvalue weighted by Gasteiger charge is 2.38. The Balaban J connectivity index is 1.97. The van der Waals surface area contributed by atoms with Crippen molar-refractivity contribution in [2.45, 2.75) is 37.4 Å². The number of methoxy groups -OCH3 is 1. The zero-order valence-electron chi connectivity index (χ0n) is 20.3. The number of nitrogens with zero attached hydrogens (tertiary/aromatic N) is 2. The Morgan fingerprint density at radius 2 is 2.00 bits per heavy atom. The van der Waals surface area contributed by atoms with Crippen LogP contribution in [-0.2, 0) is 21.3 Å². The summed E-state index contributed by atoms with van der Waals surface area (Å²) in [5, 5.41) is 9.78. The van der Waals surface area contributed by atoms with Crippen molar-refractivity contribution in [3.05, 3.63) is 59.7 Å². The number of aliphatic hydroxyl groups excluding tert-OH is 1. The van der Waals surface area contributed by atoms with Crippen LogP contribution in [0.4, 0.5) is 0 Å². The van der Waals surface area contributed by atoms with E-state index in [-0.39, 0.29) is 42.4 Å². The lowest BCUT2D eigenvalue weighted by Gasteiger charge is -2.37. The molecule has 0 saturated heterocycles. The molecule has 7 nitrogen and oxygen atoms in total. The Morgan fingerprint density at radius 3 is 2.68 bits per heavy atom. The second kappa shape index (κ2) is 11.8. The Bertz CT molecular complexity index is 1110. The van der Waals surface area contributed by atoms with Crippen molar-refractivity contribution in [3.8, 4) is 17.6 Å². The molecule has 1 aliphatic rings. The van der Waals surface area contributed by atoms with Gasteiger partial charge in [0, 0.05) is 44.3 Å². The molecule has 1 N–H and O–H groups in total. The average molecular weight is 487 g/mol. The van der Waals surface area contributed by atoms with Gasteiger partial charge >= 0.3 is 0 Å². The van der Waals surface area contributed by atoms with Crippen LogP contribution in [0.5, 0.6) is 5.75 Å². The zero-order chi connectivity index (χ0) is 24.7. The van der Waals surface area contributed by atoms with E-state index in [2.05, 4.69) is 28.9 Å². The third-order valence-electron chi connectivity index (χ3n) is 5.90. The number of benzene rings is 2. The first kappa shape index (κ1) is 26.2. The highest BCUT2D eigenvalue weighted by atomic mass is 32.2. The molecule has 1 heterocycles. The highest BCUT2D eigenvalue weighted by Crippen LogP contribution is 2.34. The summed E-state index contributed by atoms with van der Waals surface area (Å²) < 4.78 is 39.8. The van der Waals surface area contributed by atoms with Crippen LogP contribution in [0.1, 0.15) is 25.0 Å². The molecule has 8 heteroatoms. The molecule has 3 rings (SSSR count). The first-order chi connectivity index (χ1) is 16.3.